The quantitative estimate of drug-likeness (QED) is 0.887. The zero-order valence-corrected chi connectivity index (χ0v) is 14.1. The molecule has 1 atom stereocenters. The molecule has 0 radical (unpaired) electrons. The maximum absolute atomic E-state index is 13.0. The molecule has 7 heteroatoms. The number of carbonyl (C=O) groups is 1. The molecule has 1 aliphatic heterocycles. The standard InChI is InChI=1S/C16H21NO5S/c1-3-22-12-6-5-11(2)9-13(12)23(20,21)17-10-16(7-4-8-16)14(17)15(18)19/h5-6,9,14H,3-4,7-8,10H2,1-2H3,(H,18,19). The van der Waals surface area contributed by atoms with Gasteiger partial charge in [0.2, 0.25) is 10.0 Å². The highest BCUT2D eigenvalue weighted by Crippen LogP contribution is 2.55. The zero-order valence-electron chi connectivity index (χ0n) is 13.3. The minimum Gasteiger partial charge on any atom is -0.492 e. The third kappa shape index (κ3) is 2.42. The van der Waals surface area contributed by atoms with Gasteiger partial charge in [-0.25, -0.2) is 8.42 Å². The van der Waals surface area contributed by atoms with E-state index in [1.807, 2.05) is 0 Å². The van der Waals surface area contributed by atoms with Crippen molar-refractivity contribution < 1.29 is 23.1 Å². The normalized spacial score (nSPS) is 23.1. The topological polar surface area (TPSA) is 83.9 Å². The summed E-state index contributed by atoms with van der Waals surface area (Å²) in [6.07, 6.45) is 2.52. The highest BCUT2D eigenvalue weighted by Gasteiger charge is 2.63. The largest absolute Gasteiger partial charge is 0.492 e. The molecule has 0 aromatic heterocycles. The fourth-order valence-corrected chi connectivity index (χ4v) is 5.56. The van der Waals surface area contributed by atoms with Gasteiger partial charge in [0, 0.05) is 12.0 Å². The van der Waals surface area contributed by atoms with E-state index in [2.05, 4.69) is 0 Å². The number of hydrogen-bond acceptors (Lipinski definition) is 4. The first kappa shape index (κ1) is 16.3. The number of aliphatic carboxylic acids is 1. The summed E-state index contributed by atoms with van der Waals surface area (Å²) in [5.41, 5.74) is 0.423. The van der Waals surface area contributed by atoms with Crippen molar-refractivity contribution >= 4 is 16.0 Å². The fraction of sp³-hybridized carbons (Fsp3) is 0.562. The zero-order chi connectivity index (χ0) is 16.8. The van der Waals surface area contributed by atoms with Crippen molar-refractivity contribution in [1.82, 2.24) is 4.31 Å². The molecule has 6 nitrogen and oxygen atoms in total. The number of hydrogen-bond donors (Lipinski definition) is 1. The van der Waals surface area contributed by atoms with Crippen LogP contribution in [-0.2, 0) is 14.8 Å². The van der Waals surface area contributed by atoms with E-state index in [1.165, 1.54) is 0 Å². The maximum atomic E-state index is 13.0. The van der Waals surface area contributed by atoms with Gasteiger partial charge in [-0.15, -0.1) is 0 Å². The number of benzene rings is 1. The second kappa shape index (κ2) is 5.49. The Hall–Kier alpha value is -1.60. The summed E-state index contributed by atoms with van der Waals surface area (Å²) in [6.45, 7) is 4.21. The molecule has 1 aromatic rings. The lowest BCUT2D eigenvalue weighted by molar-refractivity contribution is -0.164. The van der Waals surface area contributed by atoms with Crippen LogP contribution in [0.3, 0.4) is 0 Å². The number of sulfonamides is 1. The lowest BCUT2D eigenvalue weighted by Gasteiger charge is -2.59. The second-order valence-electron chi connectivity index (χ2n) is 6.39. The summed E-state index contributed by atoms with van der Waals surface area (Å²) in [4.78, 5) is 11.7. The maximum Gasteiger partial charge on any atom is 0.322 e. The first-order valence-electron chi connectivity index (χ1n) is 7.80. The number of ether oxygens (including phenoxy) is 1. The van der Waals surface area contributed by atoms with E-state index < -0.39 is 22.0 Å². The Balaban J connectivity index is 1.99. The van der Waals surface area contributed by atoms with Crippen molar-refractivity contribution in [2.45, 2.75) is 44.0 Å². The fourth-order valence-electron chi connectivity index (χ4n) is 3.57. The van der Waals surface area contributed by atoms with Crippen LogP contribution in [0.4, 0.5) is 0 Å². The Labute approximate surface area is 136 Å². The molecule has 1 spiro atoms. The van der Waals surface area contributed by atoms with Crippen LogP contribution in [0.25, 0.3) is 0 Å². The second-order valence-corrected chi connectivity index (χ2v) is 8.25. The van der Waals surface area contributed by atoms with Gasteiger partial charge < -0.3 is 9.84 Å². The Morgan fingerprint density at radius 2 is 2.13 bits per heavy atom. The number of nitrogens with zero attached hydrogens (tertiary/aromatic N) is 1. The van der Waals surface area contributed by atoms with E-state index >= 15 is 0 Å². The van der Waals surface area contributed by atoms with Gasteiger partial charge in [0.25, 0.3) is 0 Å². The first-order valence-corrected chi connectivity index (χ1v) is 9.24. The Kier molecular flexibility index (Phi) is 3.88. The molecule has 2 aliphatic rings. The number of rotatable bonds is 5. The lowest BCUT2D eigenvalue weighted by atomic mass is 9.59. The molecule has 1 saturated heterocycles. The van der Waals surface area contributed by atoms with Gasteiger partial charge in [-0.1, -0.05) is 12.5 Å². The van der Waals surface area contributed by atoms with Gasteiger partial charge in [0.15, 0.2) is 0 Å². The van der Waals surface area contributed by atoms with E-state index in [-0.39, 0.29) is 22.6 Å². The average Bonchev–Trinajstić information content (AvgIpc) is 2.37. The summed E-state index contributed by atoms with van der Waals surface area (Å²) in [5.74, 6) is -0.790. The predicted molar refractivity (Wildman–Crippen MR) is 83.9 cm³/mol. The SMILES string of the molecule is CCOc1ccc(C)cc1S(=O)(=O)N1CC2(CCC2)C1C(=O)O. The van der Waals surface area contributed by atoms with Crippen molar-refractivity contribution in [3.63, 3.8) is 0 Å². The molecular formula is C16H21NO5S. The van der Waals surface area contributed by atoms with Crippen LogP contribution in [0.15, 0.2) is 23.1 Å². The third-order valence-corrected chi connectivity index (χ3v) is 6.74. The molecule has 1 N–H and O–H groups in total. The summed E-state index contributed by atoms with van der Waals surface area (Å²) in [6, 6.07) is 3.99. The highest BCUT2D eigenvalue weighted by atomic mass is 32.2. The number of carboxylic acids is 1. The van der Waals surface area contributed by atoms with Crippen LogP contribution in [0.5, 0.6) is 5.75 Å². The lowest BCUT2D eigenvalue weighted by Crippen LogP contribution is -2.71. The van der Waals surface area contributed by atoms with Crippen LogP contribution in [0.1, 0.15) is 31.7 Å². The van der Waals surface area contributed by atoms with Crippen LogP contribution in [0, 0.1) is 12.3 Å². The van der Waals surface area contributed by atoms with Crippen molar-refractivity contribution in [3.8, 4) is 5.75 Å². The average molecular weight is 339 g/mol. The van der Waals surface area contributed by atoms with Crippen LogP contribution < -0.4 is 4.74 Å². The molecule has 1 heterocycles. The Morgan fingerprint density at radius 3 is 2.65 bits per heavy atom. The Bertz CT molecular complexity index is 739. The molecule has 126 valence electrons. The summed E-state index contributed by atoms with van der Waals surface area (Å²) in [7, 11) is -3.89. The summed E-state index contributed by atoms with van der Waals surface area (Å²) < 4.78 is 32.5. The molecule has 1 unspecified atom stereocenters. The van der Waals surface area contributed by atoms with Gasteiger partial charge in [0.05, 0.1) is 6.61 Å². The Morgan fingerprint density at radius 1 is 1.43 bits per heavy atom. The molecular weight excluding hydrogens is 318 g/mol. The van der Waals surface area contributed by atoms with Gasteiger partial charge in [-0.3, -0.25) is 4.79 Å². The molecule has 1 aromatic carbocycles. The molecule has 23 heavy (non-hydrogen) atoms. The molecule has 0 amide bonds. The predicted octanol–water partition coefficient (Wildman–Crippen LogP) is 2.02. The van der Waals surface area contributed by atoms with E-state index in [1.54, 1.807) is 32.0 Å². The minimum absolute atomic E-state index is 0.0553. The third-order valence-electron chi connectivity index (χ3n) is 4.91. The number of carboxylic acid groups (broad SMARTS) is 1. The van der Waals surface area contributed by atoms with Crippen LogP contribution in [0.2, 0.25) is 0 Å². The van der Waals surface area contributed by atoms with Gasteiger partial charge in [0.1, 0.15) is 16.7 Å². The first-order chi connectivity index (χ1) is 10.8. The van der Waals surface area contributed by atoms with Gasteiger partial charge in [-0.05, 0) is 44.4 Å². The van der Waals surface area contributed by atoms with Gasteiger partial charge in [-0.2, -0.15) is 4.31 Å². The summed E-state index contributed by atoms with van der Waals surface area (Å²) >= 11 is 0. The minimum atomic E-state index is -3.89. The van der Waals surface area contributed by atoms with Crippen LogP contribution in [-0.4, -0.2) is 43.0 Å². The highest BCUT2D eigenvalue weighted by molar-refractivity contribution is 7.89. The molecule has 1 saturated carbocycles. The van der Waals surface area contributed by atoms with E-state index in [4.69, 9.17) is 4.74 Å². The van der Waals surface area contributed by atoms with E-state index in [0.717, 1.165) is 29.1 Å². The van der Waals surface area contributed by atoms with Crippen molar-refractivity contribution in [2.24, 2.45) is 5.41 Å². The van der Waals surface area contributed by atoms with E-state index in [0.29, 0.717) is 6.61 Å². The molecule has 2 fully saturated rings. The molecule has 1 aliphatic carbocycles. The molecule has 0 bridgehead atoms. The van der Waals surface area contributed by atoms with Crippen molar-refractivity contribution in [3.05, 3.63) is 23.8 Å². The van der Waals surface area contributed by atoms with E-state index in [9.17, 15) is 18.3 Å². The van der Waals surface area contributed by atoms with Crippen molar-refractivity contribution in [2.75, 3.05) is 13.2 Å². The van der Waals surface area contributed by atoms with Crippen LogP contribution >= 0.6 is 0 Å². The smallest absolute Gasteiger partial charge is 0.322 e. The molecule has 3 rings (SSSR count). The monoisotopic (exact) mass is 339 g/mol. The number of aryl methyl sites for hydroxylation is 1. The summed E-state index contributed by atoms with van der Waals surface area (Å²) in [5, 5.41) is 9.50. The van der Waals surface area contributed by atoms with Gasteiger partial charge >= 0.3 is 5.97 Å². The van der Waals surface area contributed by atoms with Crippen molar-refractivity contribution in [1.29, 1.82) is 0 Å².